The van der Waals surface area contributed by atoms with Crippen molar-refractivity contribution in [2.24, 2.45) is 10.9 Å². The summed E-state index contributed by atoms with van der Waals surface area (Å²) in [6.45, 7) is 4.91. The fourth-order valence-corrected chi connectivity index (χ4v) is 3.95. The molecular formula is C23H27ClN8O2. The lowest BCUT2D eigenvalue weighted by Gasteiger charge is -2.26. The lowest BCUT2D eigenvalue weighted by molar-refractivity contribution is 0.237. The van der Waals surface area contributed by atoms with Crippen LogP contribution in [-0.4, -0.2) is 61.3 Å². The summed E-state index contributed by atoms with van der Waals surface area (Å²) in [5.74, 6) is 0.713. The maximum Gasteiger partial charge on any atom is 0.326 e. The summed E-state index contributed by atoms with van der Waals surface area (Å²) >= 11 is 6.14. The highest BCUT2D eigenvalue weighted by molar-refractivity contribution is 6.30. The Hall–Kier alpha value is -3.63. The second kappa shape index (κ2) is 9.70. The van der Waals surface area contributed by atoms with Crippen LogP contribution in [0.5, 0.6) is 5.88 Å². The van der Waals surface area contributed by atoms with Crippen molar-refractivity contribution in [3.05, 3.63) is 68.4 Å². The number of anilines is 2. The second-order valence-corrected chi connectivity index (χ2v) is 9.01. The Kier molecular flexibility index (Phi) is 6.71. The fourth-order valence-electron chi connectivity index (χ4n) is 3.76. The van der Waals surface area contributed by atoms with E-state index >= 15 is 0 Å². The van der Waals surface area contributed by atoms with Gasteiger partial charge in [-0.05, 0) is 44.3 Å². The number of likely N-dealkylation sites (N-methyl/N-ethyl adjacent to an activating group) is 1. The van der Waals surface area contributed by atoms with Gasteiger partial charge in [0, 0.05) is 28.0 Å². The van der Waals surface area contributed by atoms with Crippen molar-refractivity contribution in [1.29, 1.82) is 0 Å². The predicted molar refractivity (Wildman–Crippen MR) is 132 cm³/mol. The van der Waals surface area contributed by atoms with Crippen LogP contribution in [0.25, 0.3) is 11.7 Å². The molecule has 11 heteroatoms. The van der Waals surface area contributed by atoms with Crippen molar-refractivity contribution in [3.63, 3.8) is 0 Å². The first-order chi connectivity index (χ1) is 16.2. The van der Waals surface area contributed by atoms with Crippen LogP contribution in [0.4, 0.5) is 11.5 Å². The van der Waals surface area contributed by atoms with Crippen LogP contribution in [0.2, 0.25) is 5.02 Å². The molecule has 4 rings (SSSR count). The largest absolute Gasteiger partial charge is 0.493 e. The Labute approximate surface area is 200 Å². The maximum absolute atomic E-state index is 11.5. The van der Waals surface area contributed by atoms with E-state index < -0.39 is 5.69 Å². The third-order valence-electron chi connectivity index (χ3n) is 5.49. The van der Waals surface area contributed by atoms with Gasteiger partial charge in [0.1, 0.15) is 11.5 Å². The van der Waals surface area contributed by atoms with Gasteiger partial charge in [-0.1, -0.05) is 31.5 Å². The average Bonchev–Trinajstić information content (AvgIpc) is 3.30. The molecule has 0 aliphatic rings. The molecule has 4 N–H and O–H groups in total. The molecule has 3 heterocycles. The van der Waals surface area contributed by atoms with E-state index in [0.717, 1.165) is 5.69 Å². The van der Waals surface area contributed by atoms with Crippen LogP contribution in [0, 0.1) is 5.92 Å². The van der Waals surface area contributed by atoms with E-state index in [9.17, 15) is 9.90 Å². The number of aromatic hydroxyl groups is 1. The molecule has 0 aliphatic heterocycles. The molecule has 1 aromatic carbocycles. The topological polar surface area (TPSA) is 127 Å². The van der Waals surface area contributed by atoms with Crippen LogP contribution >= 0.6 is 11.6 Å². The summed E-state index contributed by atoms with van der Waals surface area (Å²) < 4.78 is 1.64. The third-order valence-corrected chi connectivity index (χ3v) is 5.72. The lowest BCUT2D eigenvalue weighted by atomic mass is 10.0. The zero-order valence-corrected chi connectivity index (χ0v) is 20.1. The molecule has 0 radical (unpaired) electrons. The SMILES string of the molecule is CC(C)C(CN=c1cc(Nc2cccc(Cl)c2)nc2c(=Cc3[nH]c(=O)[nH]c3O)cnn12)N(C)C. The number of aromatic nitrogens is 5. The molecule has 0 bridgehead atoms. The first kappa shape index (κ1) is 23.5. The molecule has 0 aliphatic carbocycles. The Morgan fingerprint density at radius 2 is 2.09 bits per heavy atom. The fraction of sp³-hybridized carbons (Fsp3) is 0.304. The first-order valence-corrected chi connectivity index (χ1v) is 11.2. The Balaban J connectivity index is 1.87. The van der Waals surface area contributed by atoms with Crippen molar-refractivity contribution in [3.8, 4) is 5.88 Å². The summed E-state index contributed by atoms with van der Waals surface area (Å²) in [5.41, 5.74) is 1.64. The van der Waals surface area contributed by atoms with E-state index in [2.05, 4.69) is 39.1 Å². The van der Waals surface area contributed by atoms with Crippen LogP contribution in [0.15, 0.2) is 46.3 Å². The van der Waals surface area contributed by atoms with E-state index in [0.29, 0.717) is 39.7 Å². The van der Waals surface area contributed by atoms with Gasteiger partial charge in [0.2, 0.25) is 5.88 Å². The number of hydrogen-bond donors (Lipinski definition) is 4. The molecule has 0 spiro atoms. The molecule has 34 heavy (non-hydrogen) atoms. The monoisotopic (exact) mass is 482 g/mol. The highest BCUT2D eigenvalue weighted by Gasteiger charge is 2.15. The minimum atomic E-state index is -0.504. The average molecular weight is 483 g/mol. The quantitative estimate of drug-likeness (QED) is 0.318. The predicted octanol–water partition coefficient (Wildman–Crippen LogP) is 1.88. The van der Waals surface area contributed by atoms with E-state index in [-0.39, 0.29) is 17.6 Å². The Morgan fingerprint density at radius 1 is 1.29 bits per heavy atom. The maximum atomic E-state index is 11.5. The van der Waals surface area contributed by atoms with Crippen molar-refractivity contribution >= 4 is 34.8 Å². The number of rotatable bonds is 7. The number of fused-ring (bicyclic) bond motifs is 1. The minimum absolute atomic E-state index is 0.237. The second-order valence-electron chi connectivity index (χ2n) is 8.57. The lowest BCUT2D eigenvalue weighted by Crippen LogP contribution is -2.36. The smallest absolute Gasteiger partial charge is 0.326 e. The van der Waals surface area contributed by atoms with Gasteiger partial charge in [-0.3, -0.25) is 9.98 Å². The molecule has 4 aromatic rings. The molecule has 0 saturated heterocycles. The first-order valence-electron chi connectivity index (χ1n) is 10.8. The van der Waals surface area contributed by atoms with Crippen molar-refractivity contribution in [2.45, 2.75) is 19.9 Å². The Bertz CT molecular complexity index is 1480. The molecule has 0 amide bonds. The molecule has 10 nitrogen and oxygen atoms in total. The van der Waals surface area contributed by atoms with Crippen LogP contribution in [-0.2, 0) is 0 Å². The molecule has 1 atom stereocenters. The molecule has 178 valence electrons. The summed E-state index contributed by atoms with van der Waals surface area (Å²) in [7, 11) is 4.08. The third kappa shape index (κ3) is 5.13. The van der Waals surface area contributed by atoms with E-state index in [1.165, 1.54) is 0 Å². The summed E-state index contributed by atoms with van der Waals surface area (Å²) in [4.78, 5) is 28.1. The number of nitrogens with one attached hydrogen (secondary N) is 3. The number of imidazole rings is 1. The van der Waals surface area contributed by atoms with Gasteiger partial charge >= 0.3 is 5.69 Å². The summed E-state index contributed by atoms with van der Waals surface area (Å²) in [5, 5.41) is 18.9. The van der Waals surface area contributed by atoms with E-state index in [4.69, 9.17) is 21.6 Å². The number of hydrogen-bond acceptors (Lipinski definition) is 7. The Morgan fingerprint density at radius 3 is 2.74 bits per heavy atom. The number of benzene rings is 1. The number of aromatic amines is 2. The van der Waals surface area contributed by atoms with Gasteiger partial charge in [-0.25, -0.2) is 9.78 Å². The van der Waals surface area contributed by atoms with Crippen molar-refractivity contribution < 1.29 is 5.11 Å². The number of halogens is 1. The molecule has 0 fully saturated rings. The molecule has 3 aromatic heterocycles. The van der Waals surface area contributed by atoms with E-state index in [1.54, 1.807) is 28.9 Å². The van der Waals surface area contributed by atoms with Crippen molar-refractivity contribution in [1.82, 2.24) is 29.5 Å². The van der Waals surface area contributed by atoms with Gasteiger partial charge in [-0.15, -0.1) is 0 Å². The van der Waals surface area contributed by atoms with Gasteiger partial charge in [-0.2, -0.15) is 9.61 Å². The van der Waals surface area contributed by atoms with Crippen LogP contribution < -0.4 is 21.7 Å². The minimum Gasteiger partial charge on any atom is -0.493 e. The van der Waals surface area contributed by atoms with Crippen LogP contribution in [0.3, 0.4) is 0 Å². The normalized spacial score (nSPS) is 14.0. The van der Waals surface area contributed by atoms with Gasteiger partial charge in [0.25, 0.3) is 0 Å². The van der Waals surface area contributed by atoms with Crippen LogP contribution in [0.1, 0.15) is 19.5 Å². The van der Waals surface area contributed by atoms with Gasteiger partial charge < -0.3 is 20.3 Å². The molecular weight excluding hydrogens is 456 g/mol. The van der Waals surface area contributed by atoms with Gasteiger partial charge in [0.05, 0.1) is 12.7 Å². The van der Waals surface area contributed by atoms with Crippen molar-refractivity contribution in [2.75, 3.05) is 26.0 Å². The van der Waals surface area contributed by atoms with Gasteiger partial charge in [0.15, 0.2) is 11.1 Å². The molecule has 1 unspecified atom stereocenters. The highest BCUT2D eigenvalue weighted by atomic mass is 35.5. The van der Waals surface area contributed by atoms with E-state index in [1.807, 2.05) is 32.3 Å². The standard InChI is InChI=1S/C23H27ClN8O2/c1-13(2)18(31(3)4)12-25-20-10-19(27-16-7-5-6-15(24)9-16)29-21-14(11-26-32(20)21)8-17-22(33)30-23(34)28-17/h5-11,13,18,27,33H,12H2,1-4H3,(H2,28,30,34). The highest BCUT2D eigenvalue weighted by Crippen LogP contribution is 2.18. The summed E-state index contributed by atoms with van der Waals surface area (Å²) in [6, 6.07) is 9.41. The molecule has 0 saturated carbocycles. The number of nitrogens with zero attached hydrogens (tertiary/aromatic N) is 5. The zero-order chi connectivity index (χ0) is 24.4. The zero-order valence-electron chi connectivity index (χ0n) is 19.4. The summed E-state index contributed by atoms with van der Waals surface area (Å²) in [6.07, 6.45) is 3.22. The number of H-pyrrole nitrogens is 2.